The van der Waals surface area contributed by atoms with Gasteiger partial charge in [0.25, 0.3) is 5.91 Å². The van der Waals surface area contributed by atoms with Crippen LogP contribution in [0.25, 0.3) is 17.2 Å². The van der Waals surface area contributed by atoms with E-state index in [0.29, 0.717) is 35.3 Å². The van der Waals surface area contributed by atoms with Gasteiger partial charge in [-0.1, -0.05) is 30.4 Å². The Morgan fingerprint density at radius 3 is 2.64 bits per heavy atom. The highest BCUT2D eigenvalue weighted by atomic mass is 32.2. The second-order valence-corrected chi connectivity index (χ2v) is 8.55. The molecule has 1 amide bonds. The third-order valence-corrected chi connectivity index (χ3v) is 5.86. The molecule has 8 heteroatoms. The summed E-state index contributed by atoms with van der Waals surface area (Å²) >= 11 is 1.52. The molecule has 3 rings (SSSR count). The topological polar surface area (TPSA) is 84.2 Å². The van der Waals surface area contributed by atoms with E-state index in [9.17, 15) is 19.1 Å². The quantitative estimate of drug-likeness (QED) is 0.461. The lowest BCUT2D eigenvalue weighted by Gasteiger charge is -2.16. The number of hydrogen-bond acceptors (Lipinski definition) is 4. The number of rotatable bonds is 10. The zero-order valence-corrected chi connectivity index (χ0v) is 19.3. The Labute approximate surface area is 196 Å². The second kappa shape index (κ2) is 11.5. The van der Waals surface area contributed by atoms with E-state index in [1.54, 1.807) is 36.8 Å². The molecule has 2 aromatic carbocycles. The van der Waals surface area contributed by atoms with Crippen LogP contribution in [0.3, 0.4) is 0 Å². The number of hydrogen-bond donors (Lipinski definition) is 2. The molecule has 0 saturated carbocycles. The predicted octanol–water partition coefficient (Wildman–Crippen LogP) is 4.42. The van der Waals surface area contributed by atoms with Gasteiger partial charge < -0.3 is 15.0 Å². The minimum Gasteiger partial charge on any atom is -0.480 e. The molecule has 0 fully saturated rings. The molecule has 6 nitrogen and oxygen atoms in total. The molecular formula is C25H26FN3O3S. The number of allylic oxidation sites excluding steroid dienone is 1. The lowest BCUT2D eigenvalue weighted by atomic mass is 9.96. The van der Waals surface area contributed by atoms with E-state index in [4.69, 9.17) is 0 Å². The molecule has 1 heterocycles. The molecule has 172 valence electrons. The number of aromatic nitrogens is 2. The van der Waals surface area contributed by atoms with Gasteiger partial charge in [0, 0.05) is 30.9 Å². The highest BCUT2D eigenvalue weighted by Crippen LogP contribution is 2.26. The fourth-order valence-electron chi connectivity index (χ4n) is 3.36. The van der Waals surface area contributed by atoms with Gasteiger partial charge in [-0.25, -0.2) is 14.2 Å². The minimum atomic E-state index is -1.07. The normalized spacial score (nSPS) is 12.1. The number of nitrogens with zero attached hydrogens (tertiary/aromatic N) is 2. The number of carboxylic acid groups (broad SMARTS) is 1. The summed E-state index contributed by atoms with van der Waals surface area (Å²) in [6, 6.07) is 10.2. The van der Waals surface area contributed by atoms with Gasteiger partial charge in [0.1, 0.15) is 11.9 Å². The molecule has 2 N–H and O–H groups in total. The van der Waals surface area contributed by atoms with Crippen LogP contribution in [0.4, 0.5) is 4.39 Å². The van der Waals surface area contributed by atoms with Crippen LogP contribution < -0.4 is 5.32 Å². The van der Waals surface area contributed by atoms with E-state index >= 15 is 0 Å². The average Bonchev–Trinajstić information content (AvgIpc) is 3.21. The number of nitrogens with one attached hydrogen (secondary N) is 1. The van der Waals surface area contributed by atoms with Gasteiger partial charge in [0.2, 0.25) is 0 Å². The first-order chi connectivity index (χ1) is 15.9. The number of carboxylic acids is 1. The van der Waals surface area contributed by atoms with Crippen LogP contribution in [0, 0.1) is 5.82 Å². The van der Waals surface area contributed by atoms with Crippen molar-refractivity contribution in [3.05, 3.63) is 83.7 Å². The summed E-state index contributed by atoms with van der Waals surface area (Å²) in [5.74, 6) is -1.31. The van der Waals surface area contributed by atoms with Crippen LogP contribution in [0.2, 0.25) is 0 Å². The van der Waals surface area contributed by atoms with Crippen molar-refractivity contribution in [2.75, 3.05) is 12.0 Å². The number of amides is 1. The smallest absolute Gasteiger partial charge is 0.326 e. The number of halogens is 1. The molecule has 0 unspecified atom stereocenters. The Bertz CT molecular complexity index is 1140. The molecule has 0 aliphatic rings. The lowest BCUT2D eigenvalue weighted by molar-refractivity contribution is -0.139. The van der Waals surface area contributed by atoms with Gasteiger partial charge in [0.15, 0.2) is 0 Å². The summed E-state index contributed by atoms with van der Waals surface area (Å²) in [5.41, 5.74) is 3.53. The van der Waals surface area contributed by atoms with Crippen LogP contribution in [0.5, 0.6) is 0 Å². The van der Waals surface area contributed by atoms with Gasteiger partial charge in [-0.2, -0.15) is 11.8 Å². The summed E-state index contributed by atoms with van der Waals surface area (Å²) in [5, 5.41) is 12.1. The number of aliphatic carboxylic acids is 1. The predicted molar refractivity (Wildman–Crippen MR) is 130 cm³/mol. The van der Waals surface area contributed by atoms with Crippen LogP contribution in [0.1, 0.15) is 28.0 Å². The summed E-state index contributed by atoms with van der Waals surface area (Å²) in [6.45, 7) is 0. The van der Waals surface area contributed by atoms with Crippen LogP contribution >= 0.6 is 11.8 Å². The molecule has 0 aliphatic carbocycles. The van der Waals surface area contributed by atoms with E-state index in [-0.39, 0.29) is 5.82 Å². The summed E-state index contributed by atoms with van der Waals surface area (Å²) in [6.07, 6.45) is 10.4. The molecule has 1 aromatic heterocycles. The zero-order chi connectivity index (χ0) is 23.8. The first kappa shape index (κ1) is 24.3. The van der Waals surface area contributed by atoms with Crippen molar-refractivity contribution in [1.29, 1.82) is 0 Å². The Hall–Kier alpha value is -3.39. The molecule has 0 radical (unpaired) electrons. The van der Waals surface area contributed by atoms with Gasteiger partial charge in [-0.15, -0.1) is 0 Å². The molecule has 3 aromatic rings. The van der Waals surface area contributed by atoms with E-state index in [1.807, 2.05) is 36.1 Å². The largest absolute Gasteiger partial charge is 0.480 e. The van der Waals surface area contributed by atoms with Crippen LogP contribution in [-0.2, 0) is 18.3 Å². The van der Waals surface area contributed by atoms with Crippen molar-refractivity contribution in [3.63, 3.8) is 0 Å². The minimum absolute atomic E-state index is 0.322. The fourth-order valence-corrected chi connectivity index (χ4v) is 3.83. The van der Waals surface area contributed by atoms with Crippen molar-refractivity contribution in [3.8, 4) is 11.1 Å². The first-order valence-corrected chi connectivity index (χ1v) is 11.8. The molecule has 0 spiro atoms. The van der Waals surface area contributed by atoms with Crippen LogP contribution in [-0.4, -0.2) is 44.6 Å². The Kier molecular flexibility index (Phi) is 8.43. The van der Waals surface area contributed by atoms with Crippen LogP contribution in [0.15, 0.2) is 61.1 Å². The van der Waals surface area contributed by atoms with Crippen molar-refractivity contribution in [2.45, 2.75) is 18.9 Å². The zero-order valence-electron chi connectivity index (χ0n) is 18.5. The van der Waals surface area contributed by atoms with Gasteiger partial charge in [0.05, 0.1) is 6.33 Å². The van der Waals surface area contributed by atoms with Crippen molar-refractivity contribution < 1.29 is 19.1 Å². The molecule has 0 saturated heterocycles. The lowest BCUT2D eigenvalue weighted by Crippen LogP contribution is -2.41. The number of aryl methyl sites for hydroxylation is 1. The third-order valence-electron chi connectivity index (χ3n) is 5.21. The maximum Gasteiger partial charge on any atom is 0.326 e. The maximum atomic E-state index is 13.5. The summed E-state index contributed by atoms with van der Waals surface area (Å²) in [4.78, 5) is 28.7. The first-order valence-electron chi connectivity index (χ1n) is 10.4. The molecule has 0 bridgehead atoms. The highest BCUT2D eigenvalue weighted by Gasteiger charge is 2.22. The van der Waals surface area contributed by atoms with Gasteiger partial charge in [-0.3, -0.25) is 4.79 Å². The van der Waals surface area contributed by atoms with E-state index in [0.717, 1.165) is 11.3 Å². The van der Waals surface area contributed by atoms with Gasteiger partial charge in [-0.05, 0) is 59.4 Å². The Balaban J connectivity index is 1.90. The molecule has 33 heavy (non-hydrogen) atoms. The summed E-state index contributed by atoms with van der Waals surface area (Å²) in [7, 11) is 1.93. The van der Waals surface area contributed by atoms with E-state index in [2.05, 4.69) is 10.3 Å². The molecule has 1 atom stereocenters. The second-order valence-electron chi connectivity index (χ2n) is 7.56. The SMILES string of the molecule is CSCC[C@H](NC(=O)c1ccc(C=CCc2cncn2C)cc1-c1ccc(F)cc1)C(=O)O. The van der Waals surface area contributed by atoms with E-state index in [1.165, 1.54) is 23.9 Å². The van der Waals surface area contributed by atoms with E-state index < -0.39 is 17.9 Å². The standard InChI is InChI=1S/C25H26FN3O3S/c1-29-16-27-15-20(29)5-3-4-17-6-11-21(22(14-17)18-7-9-19(26)10-8-18)24(30)28-23(25(31)32)12-13-33-2/h3-4,6-11,14-16,23H,5,12-13H2,1-2H3,(H,28,30)(H,31,32)/t23-/m0/s1. The fraction of sp³-hybridized carbons (Fsp3) is 0.240. The van der Waals surface area contributed by atoms with Gasteiger partial charge >= 0.3 is 5.97 Å². The number of carbonyl (C=O) groups excluding carboxylic acids is 1. The number of benzene rings is 2. The third kappa shape index (κ3) is 6.55. The maximum absolute atomic E-state index is 13.5. The highest BCUT2D eigenvalue weighted by molar-refractivity contribution is 7.98. The number of carbonyl (C=O) groups is 2. The summed E-state index contributed by atoms with van der Waals surface area (Å²) < 4.78 is 15.4. The number of imidazole rings is 1. The Morgan fingerprint density at radius 1 is 1.24 bits per heavy atom. The monoisotopic (exact) mass is 467 g/mol. The molecular weight excluding hydrogens is 441 g/mol. The number of thioether (sulfide) groups is 1. The van der Waals surface area contributed by atoms with Crippen molar-refractivity contribution in [2.24, 2.45) is 7.05 Å². The molecule has 0 aliphatic heterocycles. The average molecular weight is 468 g/mol. The van der Waals surface area contributed by atoms with Crippen molar-refractivity contribution >= 4 is 29.7 Å². The Morgan fingerprint density at radius 2 is 2.00 bits per heavy atom. The van der Waals surface area contributed by atoms with Crippen molar-refractivity contribution in [1.82, 2.24) is 14.9 Å².